The van der Waals surface area contributed by atoms with E-state index in [1.807, 2.05) is 6.07 Å². The number of rotatable bonds is 5. The number of methoxy groups -OCH3 is 1. The third kappa shape index (κ3) is 4.09. The zero-order chi connectivity index (χ0) is 13.7. The van der Waals surface area contributed by atoms with Crippen LogP contribution in [-0.2, 0) is 11.3 Å². The molecule has 1 aliphatic rings. The minimum Gasteiger partial charge on any atom is -0.508 e. The summed E-state index contributed by atoms with van der Waals surface area (Å²) in [7, 11) is 1.73. The van der Waals surface area contributed by atoms with Crippen molar-refractivity contribution < 1.29 is 9.84 Å². The first-order valence-corrected chi connectivity index (χ1v) is 6.70. The summed E-state index contributed by atoms with van der Waals surface area (Å²) in [6.45, 7) is 6.66. The number of benzene rings is 1. The molecule has 1 aromatic carbocycles. The summed E-state index contributed by atoms with van der Waals surface area (Å²) >= 11 is 0. The summed E-state index contributed by atoms with van der Waals surface area (Å²) in [6.07, 6.45) is 0. The molecular formula is C14H23N3O2. The molecule has 0 bridgehead atoms. The molecule has 3 N–H and O–H groups in total. The predicted molar refractivity (Wildman–Crippen MR) is 76.1 cm³/mol. The van der Waals surface area contributed by atoms with Gasteiger partial charge < -0.3 is 15.6 Å². The van der Waals surface area contributed by atoms with Gasteiger partial charge in [-0.3, -0.25) is 9.80 Å². The van der Waals surface area contributed by atoms with Gasteiger partial charge in [0, 0.05) is 57.6 Å². The Bertz CT molecular complexity index is 404. The van der Waals surface area contributed by atoms with Crippen molar-refractivity contribution in [1.82, 2.24) is 9.80 Å². The number of phenolic OH excluding ortho intramolecular Hbond substituents is 1. The first-order valence-electron chi connectivity index (χ1n) is 6.70. The molecule has 0 saturated carbocycles. The second-order valence-corrected chi connectivity index (χ2v) is 5.00. The Morgan fingerprint density at radius 1 is 1.21 bits per heavy atom. The molecular weight excluding hydrogens is 242 g/mol. The third-order valence-corrected chi connectivity index (χ3v) is 3.57. The Balaban J connectivity index is 1.83. The van der Waals surface area contributed by atoms with Gasteiger partial charge in [0.15, 0.2) is 0 Å². The number of nitrogen functional groups attached to an aromatic ring is 1. The summed E-state index contributed by atoms with van der Waals surface area (Å²) in [5.41, 5.74) is 7.37. The van der Waals surface area contributed by atoms with E-state index in [-0.39, 0.29) is 0 Å². The molecule has 0 aromatic heterocycles. The van der Waals surface area contributed by atoms with E-state index in [1.54, 1.807) is 19.2 Å². The number of nitrogens with zero attached hydrogens (tertiary/aromatic N) is 2. The monoisotopic (exact) mass is 265 g/mol. The van der Waals surface area contributed by atoms with Crippen LogP contribution in [0.5, 0.6) is 5.75 Å². The summed E-state index contributed by atoms with van der Waals surface area (Å²) < 4.78 is 5.09. The van der Waals surface area contributed by atoms with Gasteiger partial charge in [-0.05, 0) is 18.2 Å². The molecule has 0 atom stereocenters. The summed E-state index contributed by atoms with van der Waals surface area (Å²) in [4.78, 5) is 4.75. The molecule has 1 aromatic rings. The fourth-order valence-corrected chi connectivity index (χ4v) is 2.36. The fourth-order valence-electron chi connectivity index (χ4n) is 2.36. The van der Waals surface area contributed by atoms with Crippen LogP contribution in [0.25, 0.3) is 0 Å². The zero-order valence-electron chi connectivity index (χ0n) is 11.5. The van der Waals surface area contributed by atoms with Gasteiger partial charge >= 0.3 is 0 Å². The van der Waals surface area contributed by atoms with Crippen molar-refractivity contribution >= 4 is 5.69 Å². The molecule has 0 unspecified atom stereocenters. The SMILES string of the molecule is COCCN1CCN(Cc2cc(N)ccc2O)CC1. The van der Waals surface area contributed by atoms with Crippen LogP contribution in [0.4, 0.5) is 5.69 Å². The molecule has 19 heavy (non-hydrogen) atoms. The van der Waals surface area contributed by atoms with Crippen molar-refractivity contribution in [2.24, 2.45) is 0 Å². The fraction of sp³-hybridized carbons (Fsp3) is 0.571. The lowest BCUT2D eigenvalue weighted by Gasteiger charge is -2.34. The molecule has 0 aliphatic carbocycles. The number of hydrogen-bond donors (Lipinski definition) is 2. The predicted octanol–water partition coefficient (Wildman–Crippen LogP) is 0.738. The van der Waals surface area contributed by atoms with E-state index in [2.05, 4.69) is 9.80 Å². The van der Waals surface area contributed by atoms with E-state index >= 15 is 0 Å². The van der Waals surface area contributed by atoms with Crippen molar-refractivity contribution in [1.29, 1.82) is 0 Å². The Labute approximate surface area is 114 Å². The molecule has 0 radical (unpaired) electrons. The smallest absolute Gasteiger partial charge is 0.120 e. The maximum Gasteiger partial charge on any atom is 0.120 e. The van der Waals surface area contributed by atoms with Gasteiger partial charge in [-0.2, -0.15) is 0 Å². The maximum atomic E-state index is 9.82. The molecule has 1 fully saturated rings. The van der Waals surface area contributed by atoms with Crippen LogP contribution >= 0.6 is 0 Å². The van der Waals surface area contributed by atoms with Crippen molar-refractivity contribution in [3.8, 4) is 5.75 Å². The van der Waals surface area contributed by atoms with Crippen LogP contribution in [0.2, 0.25) is 0 Å². The highest BCUT2D eigenvalue weighted by molar-refractivity contribution is 5.47. The second kappa shape index (κ2) is 6.75. The summed E-state index contributed by atoms with van der Waals surface area (Å²) in [5.74, 6) is 0.330. The Morgan fingerprint density at radius 2 is 1.89 bits per heavy atom. The minimum atomic E-state index is 0.330. The molecule has 5 nitrogen and oxygen atoms in total. The van der Waals surface area contributed by atoms with E-state index in [0.29, 0.717) is 11.4 Å². The first kappa shape index (κ1) is 14.1. The molecule has 106 valence electrons. The van der Waals surface area contributed by atoms with Crippen LogP contribution < -0.4 is 5.73 Å². The highest BCUT2D eigenvalue weighted by Gasteiger charge is 2.17. The van der Waals surface area contributed by atoms with Gasteiger partial charge in [0.05, 0.1) is 6.61 Å². The van der Waals surface area contributed by atoms with Gasteiger partial charge in [0.1, 0.15) is 5.75 Å². The zero-order valence-corrected chi connectivity index (χ0v) is 11.5. The average molecular weight is 265 g/mol. The number of ether oxygens (including phenoxy) is 1. The largest absolute Gasteiger partial charge is 0.508 e. The first-order chi connectivity index (χ1) is 9.19. The van der Waals surface area contributed by atoms with E-state index in [4.69, 9.17) is 10.5 Å². The molecule has 0 amide bonds. The second-order valence-electron chi connectivity index (χ2n) is 5.00. The van der Waals surface area contributed by atoms with Gasteiger partial charge in [-0.25, -0.2) is 0 Å². The van der Waals surface area contributed by atoms with E-state index in [1.165, 1.54) is 0 Å². The minimum absolute atomic E-state index is 0.330. The van der Waals surface area contributed by atoms with Gasteiger partial charge in [0.25, 0.3) is 0 Å². The number of phenols is 1. The van der Waals surface area contributed by atoms with Gasteiger partial charge in [0.2, 0.25) is 0 Å². The number of hydrogen-bond acceptors (Lipinski definition) is 5. The summed E-state index contributed by atoms with van der Waals surface area (Å²) in [6, 6.07) is 5.24. The van der Waals surface area contributed by atoms with Gasteiger partial charge in [-0.15, -0.1) is 0 Å². The van der Waals surface area contributed by atoms with E-state index < -0.39 is 0 Å². The summed E-state index contributed by atoms with van der Waals surface area (Å²) in [5, 5.41) is 9.82. The lowest BCUT2D eigenvalue weighted by Crippen LogP contribution is -2.46. The number of aromatic hydroxyl groups is 1. The number of nitrogens with two attached hydrogens (primary N) is 1. The Hall–Kier alpha value is -1.30. The molecule has 2 rings (SSSR count). The van der Waals surface area contributed by atoms with Crippen LogP contribution in [0.3, 0.4) is 0 Å². The Kier molecular flexibility index (Phi) is 5.01. The maximum absolute atomic E-state index is 9.82. The highest BCUT2D eigenvalue weighted by atomic mass is 16.5. The van der Waals surface area contributed by atoms with Crippen molar-refractivity contribution in [3.63, 3.8) is 0 Å². The lowest BCUT2D eigenvalue weighted by atomic mass is 10.1. The van der Waals surface area contributed by atoms with Crippen LogP contribution in [-0.4, -0.2) is 61.3 Å². The molecule has 1 aliphatic heterocycles. The van der Waals surface area contributed by atoms with Crippen LogP contribution in [0.1, 0.15) is 5.56 Å². The molecule has 0 spiro atoms. The normalized spacial score (nSPS) is 17.7. The standard InChI is InChI=1S/C14H23N3O2/c1-19-9-8-16-4-6-17(7-5-16)11-12-10-13(15)2-3-14(12)18/h2-3,10,18H,4-9,11,15H2,1H3. The van der Waals surface area contributed by atoms with Gasteiger partial charge in [-0.1, -0.05) is 0 Å². The van der Waals surface area contributed by atoms with Crippen LogP contribution in [0.15, 0.2) is 18.2 Å². The molecule has 1 saturated heterocycles. The van der Waals surface area contributed by atoms with Crippen molar-refractivity contribution in [2.75, 3.05) is 52.2 Å². The van der Waals surface area contributed by atoms with E-state index in [9.17, 15) is 5.11 Å². The topological polar surface area (TPSA) is 62.0 Å². The molecule has 5 heteroatoms. The molecule has 1 heterocycles. The Morgan fingerprint density at radius 3 is 2.58 bits per heavy atom. The quantitative estimate of drug-likeness (QED) is 0.607. The van der Waals surface area contributed by atoms with Crippen LogP contribution in [0, 0.1) is 0 Å². The number of piperazine rings is 1. The third-order valence-electron chi connectivity index (χ3n) is 3.57. The lowest BCUT2D eigenvalue weighted by molar-refractivity contribution is 0.0934. The van der Waals surface area contributed by atoms with Crippen molar-refractivity contribution in [2.45, 2.75) is 6.54 Å². The number of anilines is 1. The average Bonchev–Trinajstić information content (AvgIpc) is 2.42. The van der Waals surface area contributed by atoms with Crippen molar-refractivity contribution in [3.05, 3.63) is 23.8 Å². The van der Waals surface area contributed by atoms with E-state index in [0.717, 1.165) is 51.4 Å². The highest BCUT2D eigenvalue weighted by Crippen LogP contribution is 2.21.